The van der Waals surface area contributed by atoms with Gasteiger partial charge >= 0.3 is 0 Å². The summed E-state index contributed by atoms with van der Waals surface area (Å²) in [5.74, 6) is 5.05. The zero-order valence-electron chi connectivity index (χ0n) is 63.9. The third-order valence-electron chi connectivity index (χ3n) is 20.2. The standard InChI is InChI=1S/C70H130O29S5/c1-55(2)18-11-19-56(3)60-22-23-61-59-21-20-57-54-58(24-26-69(57,4)62(59)25-27-70(60,61)5)88-53-52-87-51-50-86-49-48-85-47-46-84-45-44-83-43-42-82-41-40-81-28-12-29-89-63-64(90-30-13-35-95-100(6,71)72)66(92-32-15-37-97-102(8,75)76)68(94-34-17-39-99-104(10,79)80)67(93-33-16-38-98-103(9,77)78)65(63)91-31-14-36-96-101(7,73)74/h20,55-56,58-68H,11-19,21-54H2,1-10H3/t56-,58-,59+,60-,61+,62+,63?,64?,65?,66?,67?,68?,69+,70-/m1/s1. The molecule has 4 unspecified atom stereocenters. The van der Waals surface area contributed by atoms with E-state index in [-0.39, 0.29) is 131 Å². The monoisotopic (exact) mass is 1590 g/mol. The zero-order valence-corrected chi connectivity index (χ0v) is 68.0. The Balaban J connectivity index is 0.969. The summed E-state index contributed by atoms with van der Waals surface area (Å²) in [6.45, 7) is 16.7. The van der Waals surface area contributed by atoms with Crippen LogP contribution < -0.4 is 0 Å². The van der Waals surface area contributed by atoms with Gasteiger partial charge in [-0.15, -0.1) is 0 Å². The Labute approximate surface area is 624 Å². The number of hydrogen-bond donors (Lipinski definition) is 0. The first-order valence-electron chi connectivity index (χ1n) is 37.6. The van der Waals surface area contributed by atoms with E-state index >= 15 is 0 Å². The van der Waals surface area contributed by atoms with Crippen molar-refractivity contribution in [1.82, 2.24) is 0 Å². The van der Waals surface area contributed by atoms with Crippen LogP contribution in [0.1, 0.15) is 144 Å². The second-order valence-corrected chi connectivity index (χ2v) is 37.3. The van der Waals surface area contributed by atoms with E-state index < -0.39 is 87.2 Å². The van der Waals surface area contributed by atoms with E-state index in [0.29, 0.717) is 96.5 Å². The summed E-state index contributed by atoms with van der Waals surface area (Å²) >= 11 is 0. The molecule has 0 saturated heterocycles. The Hall–Kier alpha value is -1.27. The molecular formula is C70H130O29S5. The first-order chi connectivity index (χ1) is 49.3. The molecule has 0 amide bonds. The quantitative estimate of drug-likeness (QED) is 0.0333. The van der Waals surface area contributed by atoms with Crippen LogP contribution in [0.4, 0.5) is 0 Å². The van der Waals surface area contributed by atoms with Gasteiger partial charge in [-0.05, 0) is 136 Å². The fourth-order valence-corrected chi connectivity index (χ4v) is 17.7. The Bertz CT molecular complexity index is 2870. The number of allylic oxidation sites excluding steroid dienone is 1. The molecule has 0 heterocycles. The lowest BCUT2D eigenvalue weighted by Gasteiger charge is -2.58. The minimum absolute atomic E-state index is 0.0275. The first-order valence-corrected chi connectivity index (χ1v) is 46.7. The molecule has 0 spiro atoms. The molecule has 5 aliphatic carbocycles. The molecule has 614 valence electrons. The highest BCUT2D eigenvalue weighted by Crippen LogP contribution is 2.67. The van der Waals surface area contributed by atoms with E-state index in [1.807, 2.05) is 0 Å². The van der Waals surface area contributed by atoms with Gasteiger partial charge in [0.05, 0.1) is 163 Å². The molecule has 4 fully saturated rings. The molecule has 0 aromatic rings. The molecule has 29 nitrogen and oxygen atoms in total. The lowest BCUT2D eigenvalue weighted by molar-refractivity contribution is -0.283. The van der Waals surface area contributed by atoms with E-state index in [1.165, 1.54) is 57.8 Å². The maximum atomic E-state index is 11.8. The van der Waals surface area contributed by atoms with Gasteiger partial charge < -0.3 is 66.3 Å². The van der Waals surface area contributed by atoms with E-state index in [9.17, 15) is 42.1 Å². The normalized spacial score (nSPS) is 27.3. The SMILES string of the molecule is CC(C)CCC[C@@H](C)[C@H]1CC[C@H]2[C@@H]3CC=C4C[C@H](OCCOCCOCCOCCOCCOCCOCCOCCCOC5C(OCCCOS(C)(=O)=O)C(OCCCOS(C)(=O)=O)C(OCCCOS(C)(=O)=O)C(OCCCOS(C)(=O)=O)C5OCCCOS(C)(=O)=O)CC[C@]4(C)[C@H]3CC[C@]12C. The van der Waals surface area contributed by atoms with Crippen LogP contribution in [0, 0.1) is 46.3 Å². The van der Waals surface area contributed by atoms with Gasteiger partial charge in [-0.3, -0.25) is 20.9 Å². The summed E-state index contributed by atoms with van der Waals surface area (Å²) < 4.78 is 228. The van der Waals surface area contributed by atoms with Gasteiger partial charge in [0.15, 0.2) is 0 Å². The van der Waals surface area contributed by atoms with Crippen molar-refractivity contribution in [3.63, 3.8) is 0 Å². The van der Waals surface area contributed by atoms with Crippen LogP contribution in [0.15, 0.2) is 11.6 Å². The lowest BCUT2D eigenvalue weighted by Crippen LogP contribution is -2.68. The molecule has 104 heavy (non-hydrogen) atoms. The minimum Gasteiger partial charge on any atom is -0.379 e. The topological polar surface area (TPSA) is 346 Å². The molecule has 12 atom stereocenters. The van der Waals surface area contributed by atoms with Gasteiger partial charge in [0, 0.05) is 46.2 Å². The Morgan fingerprint density at radius 1 is 0.356 bits per heavy atom. The molecular weight excluding hydrogens is 1470 g/mol. The molecule has 0 aromatic carbocycles. The maximum absolute atomic E-state index is 11.8. The lowest BCUT2D eigenvalue weighted by atomic mass is 9.47. The summed E-state index contributed by atoms with van der Waals surface area (Å²) in [5.41, 5.74) is 2.50. The smallest absolute Gasteiger partial charge is 0.264 e. The number of ether oxygens (including phenoxy) is 14. The number of hydrogen-bond acceptors (Lipinski definition) is 29. The van der Waals surface area contributed by atoms with Crippen molar-refractivity contribution in [3.8, 4) is 0 Å². The second-order valence-electron chi connectivity index (χ2n) is 29.1. The highest BCUT2D eigenvalue weighted by atomic mass is 32.2. The summed E-state index contributed by atoms with van der Waals surface area (Å²) in [4.78, 5) is 0. The van der Waals surface area contributed by atoms with Crippen LogP contribution in [-0.4, -0.2) is 288 Å². The fraction of sp³-hybridized carbons (Fsp3) is 0.971. The maximum Gasteiger partial charge on any atom is 0.264 e. The van der Waals surface area contributed by atoms with Gasteiger partial charge in [0.1, 0.15) is 36.6 Å². The van der Waals surface area contributed by atoms with Crippen molar-refractivity contribution in [1.29, 1.82) is 0 Å². The van der Waals surface area contributed by atoms with E-state index in [0.717, 1.165) is 79.6 Å². The van der Waals surface area contributed by atoms with Crippen LogP contribution >= 0.6 is 0 Å². The van der Waals surface area contributed by atoms with E-state index in [1.54, 1.807) is 5.57 Å². The van der Waals surface area contributed by atoms with Gasteiger partial charge in [-0.25, -0.2) is 0 Å². The third kappa shape index (κ3) is 36.9. The van der Waals surface area contributed by atoms with E-state index in [4.69, 9.17) is 87.2 Å². The Morgan fingerprint density at radius 3 is 1.02 bits per heavy atom. The summed E-state index contributed by atoms with van der Waals surface area (Å²) in [6, 6.07) is 0. The molecule has 0 aliphatic heterocycles. The van der Waals surface area contributed by atoms with E-state index in [2.05, 4.69) is 40.7 Å². The van der Waals surface area contributed by atoms with Crippen LogP contribution in [0.3, 0.4) is 0 Å². The first kappa shape index (κ1) is 93.3. The van der Waals surface area contributed by atoms with Crippen LogP contribution in [0.5, 0.6) is 0 Å². The van der Waals surface area contributed by atoms with Crippen LogP contribution in [-0.2, 0) is 138 Å². The van der Waals surface area contributed by atoms with Gasteiger partial charge in [0.25, 0.3) is 50.6 Å². The average molecular weight is 1600 g/mol. The average Bonchev–Trinajstić information content (AvgIpc) is 1.42. The zero-order chi connectivity index (χ0) is 76.1. The van der Waals surface area contributed by atoms with Crippen LogP contribution in [0.2, 0.25) is 0 Å². The molecule has 4 saturated carbocycles. The molecule has 0 aromatic heterocycles. The molecule has 0 radical (unpaired) electrons. The van der Waals surface area contributed by atoms with Crippen molar-refractivity contribution in [2.75, 3.05) is 203 Å². The van der Waals surface area contributed by atoms with Crippen molar-refractivity contribution < 1.29 is 129 Å². The largest absolute Gasteiger partial charge is 0.379 e. The van der Waals surface area contributed by atoms with Crippen molar-refractivity contribution in [2.24, 2.45) is 46.3 Å². The third-order valence-corrected chi connectivity index (χ3v) is 23.2. The highest BCUT2D eigenvalue weighted by Gasteiger charge is 2.60. The Morgan fingerprint density at radius 2 is 0.683 bits per heavy atom. The van der Waals surface area contributed by atoms with Gasteiger partial charge in [0.2, 0.25) is 0 Å². The predicted molar refractivity (Wildman–Crippen MR) is 389 cm³/mol. The number of fused-ring (bicyclic) bond motifs is 5. The van der Waals surface area contributed by atoms with Crippen LogP contribution in [0.25, 0.3) is 0 Å². The minimum atomic E-state index is -3.82. The molecule has 0 N–H and O–H groups in total. The number of rotatable bonds is 62. The summed E-state index contributed by atoms with van der Waals surface area (Å²) in [7, 11) is -19.1. The summed E-state index contributed by atoms with van der Waals surface area (Å²) in [5, 5.41) is 0. The van der Waals surface area contributed by atoms with Gasteiger partial charge in [-0.2, -0.15) is 42.1 Å². The summed E-state index contributed by atoms with van der Waals surface area (Å²) in [6.07, 6.45) is 15.7. The van der Waals surface area contributed by atoms with Crippen molar-refractivity contribution in [2.45, 2.75) is 187 Å². The fourth-order valence-electron chi connectivity index (χ4n) is 15.6. The highest BCUT2D eigenvalue weighted by molar-refractivity contribution is 7.86. The second kappa shape index (κ2) is 48.6. The Kier molecular flexibility index (Phi) is 43.6. The molecule has 5 aliphatic rings. The molecule has 5 rings (SSSR count). The van der Waals surface area contributed by atoms with Crippen molar-refractivity contribution in [3.05, 3.63) is 11.6 Å². The molecule has 34 heteroatoms. The van der Waals surface area contributed by atoms with Crippen molar-refractivity contribution >= 4 is 50.6 Å². The van der Waals surface area contributed by atoms with Gasteiger partial charge in [-0.1, -0.05) is 65.5 Å². The molecule has 0 bridgehead atoms. The predicted octanol–water partition coefficient (Wildman–Crippen LogP) is 7.08.